The predicted octanol–water partition coefficient (Wildman–Crippen LogP) is 6.70. The molecular weight excluding hydrogens is 466 g/mol. The van der Waals surface area contributed by atoms with E-state index in [-0.39, 0.29) is 11.7 Å². The van der Waals surface area contributed by atoms with Gasteiger partial charge in [0.15, 0.2) is 0 Å². The highest BCUT2D eigenvalue weighted by atomic mass is 16.5. The number of aromatic hydroxyl groups is 1. The number of nitrogens with one attached hydrogen (secondary N) is 1. The van der Waals surface area contributed by atoms with Crippen LogP contribution < -0.4 is 4.74 Å². The van der Waals surface area contributed by atoms with E-state index in [4.69, 9.17) is 9.15 Å². The molecule has 1 amide bonds. The van der Waals surface area contributed by atoms with Crippen LogP contribution in [0.1, 0.15) is 77.2 Å². The number of amides is 1. The molecule has 1 aliphatic rings. The summed E-state index contributed by atoms with van der Waals surface area (Å²) in [6.45, 7) is 7.04. The average molecular weight is 500 g/mol. The first-order valence-corrected chi connectivity index (χ1v) is 12.9. The number of carbonyl (C=O) groups excluding carboxylic acids is 1. The summed E-state index contributed by atoms with van der Waals surface area (Å²) >= 11 is 0. The summed E-state index contributed by atoms with van der Waals surface area (Å²) in [6.07, 6.45) is 6.22. The third-order valence-electron chi connectivity index (χ3n) is 6.93. The Balaban J connectivity index is 1.52. The minimum absolute atomic E-state index is 0.157. The van der Waals surface area contributed by atoms with Crippen LogP contribution in [0.2, 0.25) is 0 Å². The number of benzene rings is 2. The number of fused-ring (bicyclic) bond motifs is 1. The van der Waals surface area contributed by atoms with Crippen molar-refractivity contribution in [1.82, 2.24) is 15.1 Å². The van der Waals surface area contributed by atoms with Crippen molar-refractivity contribution < 1.29 is 19.1 Å². The summed E-state index contributed by atoms with van der Waals surface area (Å²) in [5.74, 6) is 1.51. The number of furan rings is 1. The zero-order valence-electron chi connectivity index (χ0n) is 21.6. The van der Waals surface area contributed by atoms with E-state index < -0.39 is 6.04 Å². The molecule has 3 heterocycles. The third kappa shape index (κ3) is 4.86. The summed E-state index contributed by atoms with van der Waals surface area (Å²) in [6, 6.07) is 15.0. The first-order valence-electron chi connectivity index (χ1n) is 12.9. The van der Waals surface area contributed by atoms with E-state index in [2.05, 4.69) is 17.1 Å². The van der Waals surface area contributed by atoms with Gasteiger partial charge in [0, 0.05) is 11.1 Å². The van der Waals surface area contributed by atoms with Gasteiger partial charge in [-0.05, 0) is 67.3 Å². The topological polar surface area (TPSA) is 91.6 Å². The van der Waals surface area contributed by atoms with Crippen molar-refractivity contribution in [2.24, 2.45) is 0 Å². The van der Waals surface area contributed by atoms with Gasteiger partial charge < -0.3 is 19.2 Å². The molecule has 1 unspecified atom stereocenters. The molecule has 37 heavy (non-hydrogen) atoms. The Morgan fingerprint density at radius 1 is 1.11 bits per heavy atom. The van der Waals surface area contributed by atoms with E-state index in [9.17, 15) is 9.90 Å². The minimum atomic E-state index is -0.403. The molecule has 0 spiro atoms. The van der Waals surface area contributed by atoms with Crippen LogP contribution in [0.3, 0.4) is 0 Å². The predicted molar refractivity (Wildman–Crippen MR) is 142 cm³/mol. The van der Waals surface area contributed by atoms with Crippen molar-refractivity contribution in [3.8, 4) is 22.8 Å². The molecule has 1 atom stereocenters. The fourth-order valence-electron chi connectivity index (χ4n) is 5.09. The van der Waals surface area contributed by atoms with Gasteiger partial charge >= 0.3 is 0 Å². The number of carbonyl (C=O) groups is 1. The van der Waals surface area contributed by atoms with E-state index in [1.807, 2.05) is 62.4 Å². The van der Waals surface area contributed by atoms with Crippen LogP contribution in [0.4, 0.5) is 0 Å². The maximum atomic E-state index is 13.6. The molecule has 0 bridgehead atoms. The van der Waals surface area contributed by atoms with Crippen LogP contribution in [0.5, 0.6) is 11.5 Å². The molecule has 0 saturated carbocycles. The number of rotatable bonds is 10. The van der Waals surface area contributed by atoms with Gasteiger partial charge in [0.1, 0.15) is 28.6 Å². The molecule has 192 valence electrons. The highest BCUT2D eigenvalue weighted by Crippen LogP contribution is 2.46. The number of hydrogen-bond donors (Lipinski definition) is 2. The van der Waals surface area contributed by atoms with Gasteiger partial charge in [0.05, 0.1) is 25.5 Å². The second-order valence-electron chi connectivity index (χ2n) is 9.73. The largest absolute Gasteiger partial charge is 0.507 e. The standard InChI is InChI=1S/C30H33N3O4/c1-4-5-6-7-14-36-22-12-10-21(11-13-22)28-25-26(24-17-19(2)16-20(3)29(24)34)31-32-27(25)30(35)33(28)18-23-9-8-15-37-23/h8-13,15-17,28,34H,4-7,14,18H2,1-3H3,(H,31,32). The Labute approximate surface area is 217 Å². The van der Waals surface area contributed by atoms with E-state index in [1.54, 1.807) is 11.2 Å². The van der Waals surface area contributed by atoms with Crippen molar-refractivity contribution in [2.45, 2.75) is 59.0 Å². The summed E-state index contributed by atoms with van der Waals surface area (Å²) in [5.41, 5.74) is 5.08. The minimum Gasteiger partial charge on any atom is -0.507 e. The van der Waals surface area contributed by atoms with Gasteiger partial charge in [-0.15, -0.1) is 0 Å². The normalized spacial score (nSPS) is 14.8. The first-order chi connectivity index (χ1) is 18.0. The fraction of sp³-hybridized carbons (Fsp3) is 0.333. The van der Waals surface area contributed by atoms with Gasteiger partial charge in [-0.2, -0.15) is 5.10 Å². The van der Waals surface area contributed by atoms with Crippen LogP contribution in [-0.2, 0) is 6.54 Å². The summed E-state index contributed by atoms with van der Waals surface area (Å²) in [7, 11) is 0. The number of phenols is 1. The number of nitrogens with zero attached hydrogens (tertiary/aromatic N) is 2. The molecule has 1 aliphatic heterocycles. The van der Waals surface area contributed by atoms with Crippen LogP contribution in [0.25, 0.3) is 11.3 Å². The number of phenolic OH excluding ortho intramolecular Hbond substituents is 1. The molecule has 2 aromatic carbocycles. The second kappa shape index (κ2) is 10.5. The average Bonchev–Trinajstić information content (AvgIpc) is 3.61. The van der Waals surface area contributed by atoms with Crippen molar-refractivity contribution in [3.63, 3.8) is 0 Å². The summed E-state index contributed by atoms with van der Waals surface area (Å²) in [4.78, 5) is 15.4. The molecule has 7 heteroatoms. The molecule has 0 aliphatic carbocycles. The van der Waals surface area contributed by atoms with E-state index >= 15 is 0 Å². The molecule has 2 aromatic heterocycles. The van der Waals surface area contributed by atoms with Crippen LogP contribution in [0.15, 0.2) is 59.2 Å². The summed E-state index contributed by atoms with van der Waals surface area (Å²) < 4.78 is 11.5. The monoisotopic (exact) mass is 499 g/mol. The van der Waals surface area contributed by atoms with E-state index in [1.165, 1.54) is 12.8 Å². The van der Waals surface area contributed by atoms with Crippen LogP contribution >= 0.6 is 0 Å². The number of aromatic nitrogens is 2. The number of aryl methyl sites for hydroxylation is 2. The Kier molecular flexibility index (Phi) is 7.04. The molecule has 2 N–H and O–H groups in total. The van der Waals surface area contributed by atoms with Gasteiger partial charge in [0.2, 0.25) is 0 Å². The lowest BCUT2D eigenvalue weighted by Crippen LogP contribution is -2.29. The third-order valence-corrected chi connectivity index (χ3v) is 6.93. The number of unbranched alkanes of at least 4 members (excludes halogenated alkanes) is 3. The number of ether oxygens (including phenoxy) is 1. The highest BCUT2D eigenvalue weighted by Gasteiger charge is 2.43. The zero-order valence-corrected chi connectivity index (χ0v) is 21.6. The lowest BCUT2D eigenvalue weighted by Gasteiger charge is -2.26. The molecular formula is C30H33N3O4. The Morgan fingerprint density at radius 2 is 1.92 bits per heavy atom. The summed E-state index contributed by atoms with van der Waals surface area (Å²) in [5, 5.41) is 18.4. The highest BCUT2D eigenvalue weighted by molar-refractivity contribution is 6.00. The lowest BCUT2D eigenvalue weighted by molar-refractivity contribution is 0.0717. The first kappa shape index (κ1) is 24.7. The smallest absolute Gasteiger partial charge is 0.273 e. The van der Waals surface area contributed by atoms with Crippen molar-refractivity contribution in [2.75, 3.05) is 6.61 Å². The second-order valence-corrected chi connectivity index (χ2v) is 9.73. The quantitative estimate of drug-likeness (QED) is 0.237. The number of aromatic amines is 1. The Morgan fingerprint density at radius 3 is 2.65 bits per heavy atom. The molecule has 4 aromatic rings. The van der Waals surface area contributed by atoms with Crippen LogP contribution in [-0.4, -0.2) is 32.7 Å². The van der Waals surface area contributed by atoms with Gasteiger partial charge in [-0.25, -0.2) is 0 Å². The van der Waals surface area contributed by atoms with Crippen molar-refractivity contribution in [3.05, 3.63) is 88.5 Å². The van der Waals surface area contributed by atoms with Crippen LogP contribution in [0, 0.1) is 13.8 Å². The van der Waals surface area contributed by atoms with E-state index in [0.29, 0.717) is 35.9 Å². The van der Waals surface area contributed by atoms with E-state index in [0.717, 1.165) is 40.8 Å². The van der Waals surface area contributed by atoms with Crippen molar-refractivity contribution >= 4 is 5.91 Å². The number of hydrogen-bond acceptors (Lipinski definition) is 5. The fourth-order valence-corrected chi connectivity index (χ4v) is 5.09. The molecule has 0 radical (unpaired) electrons. The number of H-pyrrole nitrogens is 1. The van der Waals surface area contributed by atoms with Gasteiger partial charge in [-0.3, -0.25) is 9.89 Å². The lowest BCUT2D eigenvalue weighted by atomic mass is 9.94. The Hall–Kier alpha value is -4.00. The maximum absolute atomic E-state index is 13.6. The zero-order chi connectivity index (χ0) is 25.9. The molecule has 5 rings (SSSR count). The van der Waals surface area contributed by atoms with Gasteiger partial charge in [-0.1, -0.05) is 44.4 Å². The molecule has 0 fully saturated rings. The molecule has 7 nitrogen and oxygen atoms in total. The van der Waals surface area contributed by atoms with Gasteiger partial charge in [0.25, 0.3) is 5.91 Å². The maximum Gasteiger partial charge on any atom is 0.273 e. The SMILES string of the molecule is CCCCCCOc1ccc(C2c3c(-c4cc(C)cc(C)c4O)n[nH]c3C(=O)N2Cc2ccco2)cc1. The molecule has 0 saturated heterocycles. The Bertz CT molecular complexity index is 1370. The van der Waals surface area contributed by atoms with Crippen molar-refractivity contribution in [1.29, 1.82) is 0 Å².